The predicted molar refractivity (Wildman–Crippen MR) is 74.8 cm³/mol. The Balaban J connectivity index is 1.66. The molecule has 0 aromatic rings. The lowest BCUT2D eigenvalue weighted by atomic mass is 10.0. The van der Waals surface area contributed by atoms with Gasteiger partial charge in [0, 0.05) is 25.6 Å². The molecule has 0 aliphatic carbocycles. The van der Waals surface area contributed by atoms with E-state index in [0.29, 0.717) is 31.5 Å². The van der Waals surface area contributed by atoms with Gasteiger partial charge in [-0.25, -0.2) is 0 Å². The standard InChI is InChI=1S/C14H27N3O2/c1-2-11(7-15)6-14(18)16-8-13-9-17-5-3-4-12(17)10-19-13/h11-13H,2-10,15H2,1H3,(H,16,18). The van der Waals surface area contributed by atoms with Crippen LogP contribution in [-0.2, 0) is 9.53 Å². The predicted octanol–water partition coefficient (Wildman–Crippen LogP) is 0.341. The minimum Gasteiger partial charge on any atom is -0.373 e. The van der Waals surface area contributed by atoms with Gasteiger partial charge in [0.25, 0.3) is 0 Å². The van der Waals surface area contributed by atoms with E-state index in [2.05, 4.69) is 17.1 Å². The number of fused-ring (bicyclic) bond motifs is 1. The van der Waals surface area contributed by atoms with Gasteiger partial charge in [0.1, 0.15) is 0 Å². The van der Waals surface area contributed by atoms with E-state index < -0.39 is 0 Å². The van der Waals surface area contributed by atoms with Crippen molar-refractivity contribution in [2.45, 2.75) is 44.8 Å². The Bertz CT molecular complexity index is 294. The molecule has 0 saturated carbocycles. The molecule has 0 spiro atoms. The van der Waals surface area contributed by atoms with Crippen molar-refractivity contribution in [3.63, 3.8) is 0 Å². The molecule has 2 aliphatic heterocycles. The SMILES string of the molecule is CCC(CN)CC(=O)NCC1CN2CCCC2CO1. The van der Waals surface area contributed by atoms with E-state index in [0.717, 1.165) is 19.6 Å². The van der Waals surface area contributed by atoms with Gasteiger partial charge < -0.3 is 15.8 Å². The molecule has 2 saturated heterocycles. The summed E-state index contributed by atoms with van der Waals surface area (Å²) in [5.41, 5.74) is 5.62. The number of hydrogen-bond acceptors (Lipinski definition) is 4. The van der Waals surface area contributed by atoms with E-state index in [4.69, 9.17) is 10.5 Å². The highest BCUT2D eigenvalue weighted by Crippen LogP contribution is 2.22. The number of amides is 1. The number of nitrogens with one attached hydrogen (secondary N) is 1. The first kappa shape index (κ1) is 14.8. The molecule has 2 aliphatic rings. The third-order valence-corrected chi connectivity index (χ3v) is 4.37. The van der Waals surface area contributed by atoms with Crippen molar-refractivity contribution in [2.75, 3.05) is 32.8 Å². The van der Waals surface area contributed by atoms with E-state index in [1.807, 2.05) is 0 Å². The second kappa shape index (κ2) is 7.22. The minimum absolute atomic E-state index is 0.101. The molecule has 3 N–H and O–H groups in total. The van der Waals surface area contributed by atoms with Gasteiger partial charge >= 0.3 is 0 Å². The van der Waals surface area contributed by atoms with Crippen LogP contribution in [0.25, 0.3) is 0 Å². The molecule has 5 nitrogen and oxygen atoms in total. The molecule has 2 heterocycles. The van der Waals surface area contributed by atoms with Crippen LogP contribution in [0.3, 0.4) is 0 Å². The average Bonchev–Trinajstić information content (AvgIpc) is 2.89. The summed E-state index contributed by atoms with van der Waals surface area (Å²) in [6, 6.07) is 0.619. The van der Waals surface area contributed by atoms with Crippen LogP contribution in [-0.4, -0.2) is 55.7 Å². The van der Waals surface area contributed by atoms with Crippen LogP contribution in [0.1, 0.15) is 32.6 Å². The molecule has 0 bridgehead atoms. The summed E-state index contributed by atoms with van der Waals surface area (Å²) in [7, 11) is 0. The number of morpholine rings is 1. The number of carbonyl (C=O) groups excluding carboxylic acids is 1. The van der Waals surface area contributed by atoms with Crippen LogP contribution >= 0.6 is 0 Å². The lowest BCUT2D eigenvalue weighted by Gasteiger charge is -2.35. The van der Waals surface area contributed by atoms with Crippen LogP contribution < -0.4 is 11.1 Å². The van der Waals surface area contributed by atoms with Crippen LogP contribution in [0.2, 0.25) is 0 Å². The summed E-state index contributed by atoms with van der Waals surface area (Å²) < 4.78 is 5.82. The smallest absolute Gasteiger partial charge is 0.220 e. The quantitative estimate of drug-likeness (QED) is 0.730. The Hall–Kier alpha value is -0.650. The Kier molecular flexibility index (Phi) is 5.60. The monoisotopic (exact) mass is 269 g/mol. The highest BCUT2D eigenvalue weighted by atomic mass is 16.5. The molecule has 0 radical (unpaired) electrons. The molecule has 0 aromatic heterocycles. The number of nitrogens with two attached hydrogens (primary N) is 1. The zero-order valence-corrected chi connectivity index (χ0v) is 11.9. The first-order valence-corrected chi connectivity index (χ1v) is 7.55. The first-order chi connectivity index (χ1) is 9.22. The van der Waals surface area contributed by atoms with Crippen molar-refractivity contribution >= 4 is 5.91 Å². The van der Waals surface area contributed by atoms with Gasteiger partial charge in [-0.3, -0.25) is 9.69 Å². The second-order valence-corrected chi connectivity index (χ2v) is 5.76. The van der Waals surface area contributed by atoms with Gasteiger partial charge in [-0.2, -0.15) is 0 Å². The highest BCUT2D eigenvalue weighted by molar-refractivity contribution is 5.76. The van der Waals surface area contributed by atoms with Crippen LogP contribution in [0, 0.1) is 5.92 Å². The molecule has 19 heavy (non-hydrogen) atoms. The van der Waals surface area contributed by atoms with Crippen molar-refractivity contribution in [1.82, 2.24) is 10.2 Å². The highest BCUT2D eigenvalue weighted by Gasteiger charge is 2.32. The number of ether oxygens (including phenoxy) is 1. The van der Waals surface area contributed by atoms with Crippen LogP contribution in [0.15, 0.2) is 0 Å². The van der Waals surface area contributed by atoms with E-state index >= 15 is 0 Å². The van der Waals surface area contributed by atoms with Crippen LogP contribution in [0.5, 0.6) is 0 Å². The summed E-state index contributed by atoms with van der Waals surface area (Å²) in [5, 5.41) is 2.99. The summed E-state index contributed by atoms with van der Waals surface area (Å²) in [4.78, 5) is 14.3. The lowest BCUT2D eigenvalue weighted by Crippen LogP contribution is -2.50. The van der Waals surface area contributed by atoms with Crippen molar-refractivity contribution in [2.24, 2.45) is 11.7 Å². The van der Waals surface area contributed by atoms with Gasteiger partial charge in [0.2, 0.25) is 5.91 Å². The fourth-order valence-electron chi connectivity index (χ4n) is 2.97. The molecule has 2 rings (SSSR count). The van der Waals surface area contributed by atoms with Gasteiger partial charge in [0.05, 0.1) is 12.7 Å². The molecule has 0 aromatic carbocycles. The molecular weight excluding hydrogens is 242 g/mol. The van der Waals surface area contributed by atoms with Gasteiger partial charge in [-0.15, -0.1) is 0 Å². The Morgan fingerprint density at radius 1 is 1.58 bits per heavy atom. The van der Waals surface area contributed by atoms with E-state index in [9.17, 15) is 4.79 Å². The topological polar surface area (TPSA) is 67.6 Å². The zero-order valence-electron chi connectivity index (χ0n) is 11.9. The maximum Gasteiger partial charge on any atom is 0.220 e. The Morgan fingerprint density at radius 3 is 3.16 bits per heavy atom. The van der Waals surface area contributed by atoms with Gasteiger partial charge in [-0.1, -0.05) is 13.3 Å². The third kappa shape index (κ3) is 4.16. The molecule has 5 heteroatoms. The summed E-state index contributed by atoms with van der Waals surface area (Å²) >= 11 is 0. The zero-order chi connectivity index (χ0) is 13.7. The average molecular weight is 269 g/mol. The molecule has 3 unspecified atom stereocenters. The minimum atomic E-state index is 0.101. The molecule has 3 atom stereocenters. The lowest BCUT2D eigenvalue weighted by molar-refractivity contribution is -0.123. The fourth-order valence-corrected chi connectivity index (χ4v) is 2.97. The normalized spacial score (nSPS) is 28.9. The molecule has 1 amide bonds. The van der Waals surface area contributed by atoms with Crippen molar-refractivity contribution < 1.29 is 9.53 Å². The van der Waals surface area contributed by atoms with E-state index in [1.165, 1.54) is 19.4 Å². The van der Waals surface area contributed by atoms with Crippen LogP contribution in [0.4, 0.5) is 0 Å². The second-order valence-electron chi connectivity index (χ2n) is 5.76. The largest absolute Gasteiger partial charge is 0.373 e. The molecular formula is C14H27N3O2. The first-order valence-electron chi connectivity index (χ1n) is 7.55. The number of rotatable bonds is 6. The van der Waals surface area contributed by atoms with Crippen molar-refractivity contribution in [1.29, 1.82) is 0 Å². The molecule has 2 fully saturated rings. The van der Waals surface area contributed by atoms with E-state index in [1.54, 1.807) is 0 Å². The van der Waals surface area contributed by atoms with Crippen molar-refractivity contribution in [3.8, 4) is 0 Å². The third-order valence-electron chi connectivity index (χ3n) is 4.37. The van der Waals surface area contributed by atoms with Crippen molar-refractivity contribution in [3.05, 3.63) is 0 Å². The fraction of sp³-hybridized carbons (Fsp3) is 0.929. The van der Waals surface area contributed by atoms with E-state index in [-0.39, 0.29) is 12.0 Å². The summed E-state index contributed by atoms with van der Waals surface area (Å²) in [6.45, 7) is 6.24. The Labute approximate surface area is 115 Å². The summed E-state index contributed by atoms with van der Waals surface area (Å²) in [6.07, 6.45) is 4.18. The van der Waals surface area contributed by atoms with Gasteiger partial charge in [-0.05, 0) is 31.8 Å². The van der Waals surface area contributed by atoms with Gasteiger partial charge in [0.15, 0.2) is 0 Å². The number of hydrogen-bond donors (Lipinski definition) is 2. The molecule has 110 valence electrons. The Morgan fingerprint density at radius 2 is 2.42 bits per heavy atom. The summed E-state index contributed by atoms with van der Waals surface area (Å²) in [5.74, 6) is 0.402. The number of nitrogens with zero attached hydrogens (tertiary/aromatic N) is 1. The number of carbonyl (C=O) groups is 1. The maximum atomic E-state index is 11.8. The maximum absolute atomic E-state index is 11.8.